The number of halogens is 1. The van der Waals surface area contributed by atoms with Crippen LogP contribution in [0.1, 0.15) is 11.1 Å². The number of fused-ring (bicyclic) bond motifs is 1. The number of hydrogen-bond acceptors (Lipinski definition) is 2. The van der Waals surface area contributed by atoms with Crippen LogP contribution in [0, 0.1) is 19.7 Å². The number of aromatic nitrogens is 2. The van der Waals surface area contributed by atoms with E-state index in [2.05, 4.69) is 36.2 Å². The van der Waals surface area contributed by atoms with Gasteiger partial charge in [-0.2, -0.15) is 0 Å². The fraction of sp³-hybridized carbons (Fsp3) is 0.0909. The molecule has 25 heavy (non-hydrogen) atoms. The first kappa shape index (κ1) is 15.5. The van der Waals surface area contributed by atoms with Gasteiger partial charge in [0.25, 0.3) is 0 Å². The second-order valence-corrected chi connectivity index (χ2v) is 6.24. The first-order chi connectivity index (χ1) is 12.1. The lowest BCUT2D eigenvalue weighted by molar-refractivity contribution is 0.620. The molecule has 2 aromatic carbocycles. The molecule has 0 unspecified atom stereocenters. The molecule has 3 heteroatoms. The fourth-order valence-electron chi connectivity index (χ4n) is 3.14. The number of nitrogens with zero attached hydrogens (tertiary/aromatic N) is 2. The van der Waals surface area contributed by atoms with E-state index in [1.54, 1.807) is 0 Å². The molecule has 0 aliphatic heterocycles. The van der Waals surface area contributed by atoms with Crippen molar-refractivity contribution in [1.29, 1.82) is 0 Å². The van der Waals surface area contributed by atoms with Crippen LogP contribution in [0.3, 0.4) is 0 Å². The SMILES string of the molecule is Cc1cc(F)cnc1-c1ccc2nc(-c3ccccc3)cc(C)c2c1. The summed E-state index contributed by atoms with van der Waals surface area (Å²) in [4.78, 5) is 9.05. The summed E-state index contributed by atoms with van der Waals surface area (Å²) in [6.07, 6.45) is 1.26. The zero-order valence-electron chi connectivity index (χ0n) is 14.1. The minimum absolute atomic E-state index is 0.313. The molecule has 0 aliphatic rings. The molecule has 2 heterocycles. The molecule has 0 spiro atoms. The molecule has 2 aromatic heterocycles. The Bertz CT molecular complexity index is 1070. The predicted molar refractivity (Wildman–Crippen MR) is 99.8 cm³/mol. The molecule has 4 rings (SSSR count). The first-order valence-corrected chi connectivity index (χ1v) is 8.21. The lowest BCUT2D eigenvalue weighted by Gasteiger charge is -2.10. The molecule has 122 valence electrons. The lowest BCUT2D eigenvalue weighted by Crippen LogP contribution is -1.93. The molecule has 0 fully saturated rings. The Kier molecular flexibility index (Phi) is 3.77. The average molecular weight is 328 g/mol. The van der Waals surface area contributed by atoms with Crippen LogP contribution < -0.4 is 0 Å². The third kappa shape index (κ3) is 2.89. The summed E-state index contributed by atoms with van der Waals surface area (Å²) in [6.45, 7) is 3.96. The van der Waals surface area contributed by atoms with E-state index in [-0.39, 0.29) is 5.82 Å². The van der Waals surface area contributed by atoms with Crippen molar-refractivity contribution in [3.8, 4) is 22.5 Å². The number of pyridine rings is 2. The van der Waals surface area contributed by atoms with Gasteiger partial charge in [-0.3, -0.25) is 4.98 Å². The molecule has 0 aliphatic carbocycles. The summed E-state index contributed by atoms with van der Waals surface area (Å²) < 4.78 is 13.3. The van der Waals surface area contributed by atoms with E-state index >= 15 is 0 Å². The number of hydrogen-bond donors (Lipinski definition) is 0. The van der Waals surface area contributed by atoms with Crippen molar-refractivity contribution < 1.29 is 4.39 Å². The normalized spacial score (nSPS) is 11.0. The summed E-state index contributed by atoms with van der Waals surface area (Å²) in [5, 5.41) is 1.09. The summed E-state index contributed by atoms with van der Waals surface area (Å²) in [5.41, 5.74) is 6.78. The molecule has 0 amide bonds. The topological polar surface area (TPSA) is 25.8 Å². The van der Waals surface area contributed by atoms with Crippen molar-refractivity contribution in [3.05, 3.63) is 83.8 Å². The zero-order chi connectivity index (χ0) is 17.4. The summed E-state index contributed by atoms with van der Waals surface area (Å²) in [7, 11) is 0. The van der Waals surface area contributed by atoms with Gasteiger partial charge >= 0.3 is 0 Å². The summed E-state index contributed by atoms with van der Waals surface area (Å²) in [6, 6.07) is 19.9. The molecule has 0 atom stereocenters. The van der Waals surface area contributed by atoms with Gasteiger partial charge in [0.1, 0.15) is 5.82 Å². The Labute approximate surface area is 146 Å². The monoisotopic (exact) mass is 328 g/mol. The van der Waals surface area contributed by atoms with E-state index in [9.17, 15) is 4.39 Å². The van der Waals surface area contributed by atoms with E-state index in [0.717, 1.165) is 44.5 Å². The molecule has 0 saturated heterocycles. The number of aryl methyl sites for hydroxylation is 2. The van der Waals surface area contributed by atoms with Gasteiger partial charge in [0.15, 0.2) is 0 Å². The molecule has 0 N–H and O–H groups in total. The van der Waals surface area contributed by atoms with Crippen LogP contribution in [-0.4, -0.2) is 9.97 Å². The van der Waals surface area contributed by atoms with Crippen molar-refractivity contribution in [3.63, 3.8) is 0 Å². The van der Waals surface area contributed by atoms with Crippen LogP contribution in [-0.2, 0) is 0 Å². The maximum absolute atomic E-state index is 13.3. The average Bonchev–Trinajstić information content (AvgIpc) is 2.62. The first-order valence-electron chi connectivity index (χ1n) is 8.21. The smallest absolute Gasteiger partial charge is 0.141 e. The van der Waals surface area contributed by atoms with Crippen molar-refractivity contribution in [2.45, 2.75) is 13.8 Å². The Morgan fingerprint density at radius 2 is 1.60 bits per heavy atom. The Morgan fingerprint density at radius 1 is 0.800 bits per heavy atom. The Morgan fingerprint density at radius 3 is 2.36 bits per heavy atom. The largest absolute Gasteiger partial charge is 0.253 e. The highest BCUT2D eigenvalue weighted by Crippen LogP contribution is 2.29. The molecular weight excluding hydrogens is 311 g/mol. The predicted octanol–water partition coefficient (Wildman–Crippen LogP) is 5.72. The summed E-state index contributed by atoms with van der Waals surface area (Å²) >= 11 is 0. The van der Waals surface area contributed by atoms with Crippen LogP contribution in [0.4, 0.5) is 4.39 Å². The second kappa shape index (κ2) is 6.10. The summed E-state index contributed by atoms with van der Waals surface area (Å²) in [5.74, 6) is -0.313. The molecule has 2 nitrogen and oxygen atoms in total. The zero-order valence-corrected chi connectivity index (χ0v) is 14.1. The van der Waals surface area contributed by atoms with Crippen molar-refractivity contribution >= 4 is 10.9 Å². The van der Waals surface area contributed by atoms with Gasteiger partial charge in [0.05, 0.1) is 23.1 Å². The van der Waals surface area contributed by atoms with Crippen LogP contribution in [0.2, 0.25) is 0 Å². The van der Waals surface area contributed by atoms with Gasteiger partial charge in [-0.15, -0.1) is 0 Å². The third-order valence-electron chi connectivity index (χ3n) is 4.40. The van der Waals surface area contributed by atoms with Gasteiger partial charge in [-0.05, 0) is 49.2 Å². The minimum Gasteiger partial charge on any atom is -0.253 e. The lowest BCUT2D eigenvalue weighted by atomic mass is 10.0. The van der Waals surface area contributed by atoms with Crippen LogP contribution >= 0.6 is 0 Å². The van der Waals surface area contributed by atoms with Gasteiger partial charge in [-0.25, -0.2) is 9.37 Å². The van der Waals surface area contributed by atoms with Gasteiger partial charge in [0.2, 0.25) is 0 Å². The van der Waals surface area contributed by atoms with E-state index in [1.807, 2.05) is 37.3 Å². The maximum atomic E-state index is 13.3. The Balaban J connectivity index is 1.86. The molecule has 0 bridgehead atoms. The molecule has 0 radical (unpaired) electrons. The molecule has 4 aromatic rings. The van der Waals surface area contributed by atoms with Crippen molar-refractivity contribution in [2.24, 2.45) is 0 Å². The van der Waals surface area contributed by atoms with Crippen LogP contribution in [0.15, 0.2) is 66.9 Å². The van der Waals surface area contributed by atoms with Gasteiger partial charge in [0, 0.05) is 16.5 Å². The van der Waals surface area contributed by atoms with Crippen LogP contribution in [0.5, 0.6) is 0 Å². The minimum atomic E-state index is -0.313. The molecule has 0 saturated carbocycles. The fourth-order valence-corrected chi connectivity index (χ4v) is 3.14. The highest BCUT2D eigenvalue weighted by atomic mass is 19.1. The highest BCUT2D eigenvalue weighted by Gasteiger charge is 2.09. The quantitative estimate of drug-likeness (QED) is 0.470. The maximum Gasteiger partial charge on any atom is 0.141 e. The second-order valence-electron chi connectivity index (χ2n) is 6.24. The number of benzene rings is 2. The Hall–Kier alpha value is -3.07. The van der Waals surface area contributed by atoms with Crippen molar-refractivity contribution in [1.82, 2.24) is 9.97 Å². The van der Waals surface area contributed by atoms with Gasteiger partial charge < -0.3 is 0 Å². The highest BCUT2D eigenvalue weighted by molar-refractivity contribution is 5.89. The van der Waals surface area contributed by atoms with E-state index in [4.69, 9.17) is 4.98 Å². The third-order valence-corrected chi connectivity index (χ3v) is 4.40. The standard InChI is InChI=1S/C22H17FN2/c1-14-11-21(16-6-4-3-5-7-16)25-20-9-8-17(12-19(14)20)22-15(2)10-18(23)13-24-22/h3-13H,1-2H3. The van der Waals surface area contributed by atoms with E-state index < -0.39 is 0 Å². The molecular formula is C22H17FN2. The van der Waals surface area contributed by atoms with Gasteiger partial charge in [-0.1, -0.05) is 36.4 Å². The van der Waals surface area contributed by atoms with E-state index in [0.29, 0.717) is 0 Å². The van der Waals surface area contributed by atoms with Crippen LogP contribution in [0.25, 0.3) is 33.4 Å². The van der Waals surface area contributed by atoms with E-state index in [1.165, 1.54) is 12.3 Å². The number of rotatable bonds is 2. The van der Waals surface area contributed by atoms with Crippen molar-refractivity contribution in [2.75, 3.05) is 0 Å².